The van der Waals surface area contributed by atoms with Gasteiger partial charge in [0.15, 0.2) is 0 Å². The quantitative estimate of drug-likeness (QED) is 0.323. The van der Waals surface area contributed by atoms with Crippen LogP contribution in [0.1, 0.15) is 34.6 Å². The first-order valence-electron chi connectivity index (χ1n) is 12.2. The van der Waals surface area contributed by atoms with Gasteiger partial charge >= 0.3 is 0 Å². The van der Waals surface area contributed by atoms with Crippen molar-refractivity contribution in [1.29, 1.82) is 0 Å². The van der Waals surface area contributed by atoms with Gasteiger partial charge in [-0.25, -0.2) is 0 Å². The Kier molecular flexibility index (Phi) is 4.43. The van der Waals surface area contributed by atoms with E-state index in [-0.39, 0.29) is 11.8 Å². The molecule has 1 aliphatic heterocycles. The Bertz CT molecular complexity index is 1560. The lowest BCUT2D eigenvalue weighted by Gasteiger charge is -2.18. The van der Waals surface area contributed by atoms with Gasteiger partial charge in [0.25, 0.3) is 0 Å². The predicted octanol–water partition coefficient (Wildman–Crippen LogP) is 6.06. The van der Waals surface area contributed by atoms with Gasteiger partial charge in [0.2, 0.25) is 5.91 Å². The van der Waals surface area contributed by atoms with Gasteiger partial charge in [0.05, 0.1) is 30.2 Å². The minimum Gasteiger partial charge on any atom is -0.307 e. The van der Waals surface area contributed by atoms with Crippen LogP contribution < -0.4 is 4.90 Å². The summed E-state index contributed by atoms with van der Waals surface area (Å²) in [6.45, 7) is 1.34. The van der Waals surface area contributed by atoms with Crippen molar-refractivity contribution < 1.29 is 4.79 Å². The van der Waals surface area contributed by atoms with Crippen LogP contribution in [0.5, 0.6) is 0 Å². The lowest BCUT2D eigenvalue weighted by Crippen LogP contribution is -2.32. The molecule has 0 saturated heterocycles. The van der Waals surface area contributed by atoms with E-state index in [1.807, 2.05) is 41.4 Å². The third-order valence-corrected chi connectivity index (χ3v) is 7.69. The molecule has 35 heavy (non-hydrogen) atoms. The number of carbonyl (C=O) groups is 1. The summed E-state index contributed by atoms with van der Waals surface area (Å²) in [7, 11) is 0. The zero-order valence-electron chi connectivity index (χ0n) is 19.3. The van der Waals surface area contributed by atoms with Crippen molar-refractivity contribution in [3.63, 3.8) is 0 Å². The molecule has 0 bridgehead atoms. The van der Waals surface area contributed by atoms with Crippen LogP contribution in [0, 0.1) is 0 Å². The maximum Gasteiger partial charge on any atom is 0.238 e. The molecule has 5 aromatic rings. The van der Waals surface area contributed by atoms with Crippen LogP contribution in [0.25, 0.3) is 10.9 Å². The zero-order chi connectivity index (χ0) is 23.4. The average Bonchev–Trinajstić information content (AvgIpc) is 3.49. The van der Waals surface area contributed by atoms with Gasteiger partial charge in [0, 0.05) is 17.0 Å². The minimum atomic E-state index is -0.455. The van der Waals surface area contributed by atoms with Crippen molar-refractivity contribution in [2.45, 2.75) is 30.8 Å². The Morgan fingerprint density at radius 1 is 0.800 bits per heavy atom. The Hall–Kier alpha value is -4.18. The van der Waals surface area contributed by atoms with E-state index < -0.39 is 5.41 Å². The van der Waals surface area contributed by atoms with Crippen LogP contribution >= 0.6 is 0 Å². The molecule has 1 amide bonds. The highest BCUT2D eigenvalue weighted by molar-refractivity contribution is 6.11. The summed E-state index contributed by atoms with van der Waals surface area (Å²) in [5.74, 6) is 0.409. The number of benzene rings is 4. The summed E-state index contributed by atoms with van der Waals surface area (Å²) in [6, 6.07) is 35.6. The molecule has 0 radical (unpaired) electrons. The number of para-hydroxylation sites is 1. The van der Waals surface area contributed by atoms with Gasteiger partial charge in [-0.1, -0.05) is 91.0 Å². The number of fused-ring (bicyclic) bond motifs is 3. The summed E-state index contributed by atoms with van der Waals surface area (Å²) in [5, 5.41) is 5.78. The van der Waals surface area contributed by atoms with Crippen molar-refractivity contribution in [1.82, 2.24) is 9.78 Å². The number of hydrogen-bond donors (Lipinski definition) is 0. The number of nitrogens with zero attached hydrogens (tertiary/aromatic N) is 3. The number of carbonyl (C=O) groups excluding carboxylic acids is 1. The summed E-state index contributed by atoms with van der Waals surface area (Å²) in [6.07, 6.45) is 2.79. The molecule has 1 fully saturated rings. The molecule has 2 unspecified atom stereocenters. The predicted molar refractivity (Wildman–Crippen MR) is 138 cm³/mol. The number of amides is 1. The van der Waals surface area contributed by atoms with Crippen LogP contribution in [-0.2, 0) is 23.3 Å². The van der Waals surface area contributed by atoms with Gasteiger partial charge in [-0.05, 0) is 40.8 Å². The fourth-order valence-electron chi connectivity index (χ4n) is 5.86. The molecule has 1 saturated carbocycles. The SMILES string of the molecule is O=C1N(Cc2ccccc2)c2ccccc2C12CC2c1ccc2cnn(Cc3ccccc3)c2c1. The fourth-order valence-corrected chi connectivity index (χ4v) is 5.86. The summed E-state index contributed by atoms with van der Waals surface area (Å²) < 4.78 is 2.06. The summed E-state index contributed by atoms with van der Waals surface area (Å²) in [4.78, 5) is 16.0. The topological polar surface area (TPSA) is 38.1 Å². The second-order valence-corrected chi connectivity index (χ2v) is 9.73. The molecule has 1 spiro atoms. The monoisotopic (exact) mass is 455 g/mol. The van der Waals surface area contributed by atoms with Crippen molar-refractivity contribution in [3.05, 3.63) is 132 Å². The molecule has 1 aromatic heterocycles. The molecule has 0 N–H and O–H groups in total. The van der Waals surface area contributed by atoms with Gasteiger partial charge in [-0.15, -0.1) is 0 Å². The number of hydrogen-bond acceptors (Lipinski definition) is 2. The third-order valence-electron chi connectivity index (χ3n) is 7.69. The molecule has 2 atom stereocenters. The van der Waals surface area contributed by atoms with E-state index in [1.54, 1.807) is 0 Å². The van der Waals surface area contributed by atoms with Gasteiger partial charge in [-0.2, -0.15) is 5.10 Å². The fraction of sp³-hybridized carbons (Fsp3) is 0.161. The van der Waals surface area contributed by atoms with Crippen LogP contribution in [0.15, 0.2) is 109 Å². The highest BCUT2D eigenvalue weighted by atomic mass is 16.2. The first kappa shape index (κ1) is 20.2. The maximum absolute atomic E-state index is 14.0. The number of anilines is 1. The maximum atomic E-state index is 14.0. The molecule has 4 nitrogen and oxygen atoms in total. The van der Waals surface area contributed by atoms with E-state index >= 15 is 0 Å². The smallest absolute Gasteiger partial charge is 0.238 e. The lowest BCUT2D eigenvalue weighted by atomic mass is 9.92. The van der Waals surface area contributed by atoms with Crippen LogP contribution in [0.3, 0.4) is 0 Å². The number of rotatable bonds is 5. The molecule has 4 heteroatoms. The van der Waals surface area contributed by atoms with E-state index in [1.165, 1.54) is 16.7 Å². The Morgan fingerprint density at radius 2 is 1.49 bits per heavy atom. The molecular formula is C31H25N3O. The molecule has 170 valence electrons. The molecule has 2 heterocycles. The Balaban J connectivity index is 1.24. The normalized spacial score (nSPS) is 20.5. The van der Waals surface area contributed by atoms with Gasteiger partial charge in [-0.3, -0.25) is 9.48 Å². The minimum absolute atomic E-state index is 0.182. The van der Waals surface area contributed by atoms with E-state index in [2.05, 4.69) is 82.6 Å². The summed E-state index contributed by atoms with van der Waals surface area (Å²) in [5.41, 5.74) is 6.48. The standard InChI is InChI=1S/C31H25N3O/c35-30-31(26-13-7-8-14-28(26)33(30)20-22-9-3-1-4-10-22)18-27(31)24-15-16-25-19-32-34(29(25)17-24)21-23-11-5-2-6-12-23/h1-17,19,27H,18,20-21H2. The van der Waals surface area contributed by atoms with E-state index in [4.69, 9.17) is 0 Å². The van der Waals surface area contributed by atoms with Crippen LogP contribution in [0.2, 0.25) is 0 Å². The second-order valence-electron chi connectivity index (χ2n) is 9.73. The molecule has 4 aromatic carbocycles. The number of aromatic nitrogens is 2. The third kappa shape index (κ3) is 3.13. The first-order chi connectivity index (χ1) is 17.2. The van der Waals surface area contributed by atoms with Crippen molar-refractivity contribution in [2.75, 3.05) is 4.90 Å². The van der Waals surface area contributed by atoms with Crippen molar-refractivity contribution >= 4 is 22.5 Å². The zero-order valence-corrected chi connectivity index (χ0v) is 19.3. The Labute approximate surface area is 204 Å². The lowest BCUT2D eigenvalue weighted by molar-refractivity contribution is -0.120. The average molecular weight is 456 g/mol. The van der Waals surface area contributed by atoms with Crippen LogP contribution in [-0.4, -0.2) is 15.7 Å². The van der Waals surface area contributed by atoms with Crippen molar-refractivity contribution in [3.8, 4) is 0 Å². The van der Waals surface area contributed by atoms with E-state index in [0.717, 1.165) is 35.1 Å². The van der Waals surface area contributed by atoms with Crippen molar-refractivity contribution in [2.24, 2.45) is 0 Å². The second kappa shape index (κ2) is 7.67. The van der Waals surface area contributed by atoms with E-state index in [0.29, 0.717) is 6.54 Å². The summed E-state index contributed by atoms with van der Waals surface area (Å²) >= 11 is 0. The van der Waals surface area contributed by atoms with E-state index in [9.17, 15) is 4.79 Å². The highest BCUT2D eigenvalue weighted by Crippen LogP contribution is 2.66. The largest absolute Gasteiger partial charge is 0.307 e. The van der Waals surface area contributed by atoms with Gasteiger partial charge < -0.3 is 4.90 Å². The molecular weight excluding hydrogens is 430 g/mol. The van der Waals surface area contributed by atoms with Crippen LogP contribution in [0.4, 0.5) is 5.69 Å². The highest BCUT2D eigenvalue weighted by Gasteiger charge is 2.67. The molecule has 2 aliphatic rings. The first-order valence-corrected chi connectivity index (χ1v) is 12.2. The molecule has 1 aliphatic carbocycles. The van der Waals surface area contributed by atoms with Gasteiger partial charge in [0.1, 0.15) is 0 Å². The Morgan fingerprint density at radius 3 is 2.26 bits per heavy atom. The molecule has 7 rings (SSSR count).